The second-order valence-electron chi connectivity index (χ2n) is 9.05. The molecule has 1 unspecified atom stereocenters. The minimum atomic E-state index is -3.02. The molecule has 1 saturated heterocycles. The van der Waals surface area contributed by atoms with Gasteiger partial charge in [-0.05, 0) is 56.2 Å². The Morgan fingerprint density at radius 2 is 2.13 bits per heavy atom. The van der Waals surface area contributed by atoms with Crippen molar-refractivity contribution in [1.29, 1.82) is 0 Å². The second-order valence-corrected chi connectivity index (χ2v) is 11.3. The number of pyridine rings is 1. The number of carbonyl (C=O) groups is 1. The normalized spacial score (nSPS) is 21.3. The van der Waals surface area contributed by atoms with E-state index in [4.69, 9.17) is 10.7 Å². The Morgan fingerprint density at radius 3 is 2.74 bits per heavy atom. The maximum Gasteiger partial charge on any atom is 0.252 e. The predicted octanol–water partition coefficient (Wildman–Crippen LogP) is 2.67. The topological polar surface area (TPSA) is 131 Å². The van der Waals surface area contributed by atoms with E-state index in [-0.39, 0.29) is 23.0 Å². The molecule has 2 fully saturated rings. The first-order valence-corrected chi connectivity index (χ1v) is 12.3. The summed E-state index contributed by atoms with van der Waals surface area (Å²) < 4.78 is 23.9. The maximum absolute atomic E-state index is 12.6. The number of carbonyl (C=O) groups excluding carboxylic acids is 1. The number of H-pyrrole nitrogens is 1. The largest absolute Gasteiger partial charge is 0.379 e. The molecule has 4 N–H and O–H groups in total. The van der Waals surface area contributed by atoms with E-state index in [1.54, 1.807) is 6.20 Å². The van der Waals surface area contributed by atoms with Crippen molar-refractivity contribution < 1.29 is 13.2 Å². The fourth-order valence-electron chi connectivity index (χ4n) is 4.37. The van der Waals surface area contributed by atoms with Gasteiger partial charge in [0.2, 0.25) is 0 Å². The molecule has 31 heavy (non-hydrogen) atoms. The molecule has 8 nitrogen and oxygen atoms in total. The Bertz CT molecular complexity index is 1280. The van der Waals surface area contributed by atoms with Crippen LogP contribution in [0.4, 0.5) is 5.69 Å². The fourth-order valence-corrected chi connectivity index (χ4v) is 6.23. The first kappa shape index (κ1) is 20.0. The Morgan fingerprint density at radius 1 is 1.32 bits per heavy atom. The van der Waals surface area contributed by atoms with Gasteiger partial charge in [-0.15, -0.1) is 0 Å². The van der Waals surface area contributed by atoms with Crippen LogP contribution in [0.3, 0.4) is 0 Å². The van der Waals surface area contributed by atoms with Crippen LogP contribution in [0, 0.1) is 5.92 Å². The molecule has 1 aliphatic carbocycles. The van der Waals surface area contributed by atoms with Gasteiger partial charge in [0.05, 0.1) is 40.2 Å². The third-order valence-electron chi connectivity index (χ3n) is 6.37. The van der Waals surface area contributed by atoms with Gasteiger partial charge in [0.15, 0.2) is 9.84 Å². The van der Waals surface area contributed by atoms with Crippen LogP contribution in [0.5, 0.6) is 0 Å². The van der Waals surface area contributed by atoms with Gasteiger partial charge >= 0.3 is 0 Å². The molecular weight excluding hydrogens is 414 g/mol. The summed E-state index contributed by atoms with van der Waals surface area (Å²) in [4.78, 5) is 17.4. The first-order chi connectivity index (χ1) is 14.7. The zero-order chi connectivity index (χ0) is 21.8. The van der Waals surface area contributed by atoms with Crippen molar-refractivity contribution in [1.82, 2.24) is 15.2 Å². The number of rotatable bonds is 6. The number of primary amides is 1. The van der Waals surface area contributed by atoms with Crippen LogP contribution in [0.25, 0.3) is 22.0 Å². The van der Waals surface area contributed by atoms with E-state index in [1.807, 2.05) is 24.4 Å². The average Bonchev–Trinajstić information content (AvgIpc) is 3.08. The molecule has 2 aromatic heterocycles. The van der Waals surface area contributed by atoms with Gasteiger partial charge in [-0.3, -0.25) is 14.9 Å². The van der Waals surface area contributed by atoms with Crippen molar-refractivity contribution in [3.63, 3.8) is 0 Å². The molecule has 2 aliphatic rings. The van der Waals surface area contributed by atoms with E-state index >= 15 is 0 Å². The number of nitrogens with zero attached hydrogens (tertiary/aromatic N) is 2. The summed E-state index contributed by atoms with van der Waals surface area (Å²) in [6, 6.07) is 5.89. The highest BCUT2D eigenvalue weighted by atomic mass is 32.2. The summed E-state index contributed by atoms with van der Waals surface area (Å²) in [5.41, 5.74) is 10.0. The van der Waals surface area contributed by atoms with Crippen LogP contribution in [-0.4, -0.2) is 46.6 Å². The van der Waals surface area contributed by atoms with Gasteiger partial charge in [-0.25, -0.2) is 8.42 Å². The lowest BCUT2D eigenvalue weighted by atomic mass is 9.95. The Hall–Kier alpha value is -2.94. The van der Waals surface area contributed by atoms with E-state index in [1.165, 1.54) is 0 Å². The number of amides is 1. The molecule has 1 saturated carbocycles. The lowest BCUT2D eigenvalue weighted by Gasteiger charge is -2.21. The number of hydrogen-bond acceptors (Lipinski definition) is 6. The third kappa shape index (κ3) is 3.89. The predicted molar refractivity (Wildman–Crippen MR) is 120 cm³/mol. The molecule has 3 aromatic rings. The number of sulfone groups is 1. The lowest BCUT2D eigenvalue weighted by Crippen LogP contribution is -2.24. The monoisotopic (exact) mass is 439 g/mol. The minimum Gasteiger partial charge on any atom is -0.379 e. The van der Waals surface area contributed by atoms with Crippen LogP contribution in [0.1, 0.15) is 42.2 Å². The maximum atomic E-state index is 12.6. The zero-order valence-corrected chi connectivity index (χ0v) is 18.1. The number of hydrogen-bond donors (Lipinski definition) is 3. The summed E-state index contributed by atoms with van der Waals surface area (Å²) in [6.07, 6.45) is 6.57. The number of anilines is 1. The van der Waals surface area contributed by atoms with Crippen molar-refractivity contribution in [2.24, 2.45) is 11.7 Å². The van der Waals surface area contributed by atoms with Crippen molar-refractivity contribution in [3.8, 4) is 11.1 Å². The molecule has 0 spiro atoms. The summed E-state index contributed by atoms with van der Waals surface area (Å²) in [7, 11) is -3.02. The molecule has 1 aliphatic heterocycles. The standard InChI is InChI=1S/C22H25N5O3S/c1-22(5-6-22)27-20-16-9-14(15-10-24-25-11-15)2-3-17(16)26-18(19(20)21(23)28)8-13-4-7-31(29,30)12-13/h2-3,9-11,13H,4-8,12H2,1H3,(H2,23,28)(H,24,25)(H,26,27). The average molecular weight is 440 g/mol. The fraction of sp³-hybridized carbons (Fsp3) is 0.409. The molecule has 3 heterocycles. The lowest BCUT2D eigenvalue weighted by molar-refractivity contribution is 0.0999. The first-order valence-electron chi connectivity index (χ1n) is 10.5. The molecule has 162 valence electrons. The van der Waals surface area contributed by atoms with E-state index in [9.17, 15) is 13.2 Å². The highest BCUT2D eigenvalue weighted by molar-refractivity contribution is 7.91. The van der Waals surface area contributed by atoms with Crippen molar-refractivity contribution in [3.05, 3.63) is 41.9 Å². The summed E-state index contributed by atoms with van der Waals surface area (Å²) in [6.45, 7) is 2.12. The van der Waals surface area contributed by atoms with Crippen LogP contribution in [0.15, 0.2) is 30.6 Å². The Labute approximate surface area is 180 Å². The number of benzene rings is 1. The molecule has 5 rings (SSSR count). The van der Waals surface area contributed by atoms with Crippen molar-refractivity contribution in [2.45, 2.75) is 38.1 Å². The Kier molecular flexibility index (Phi) is 4.55. The molecule has 1 aromatic carbocycles. The van der Waals surface area contributed by atoms with Crippen LogP contribution in [-0.2, 0) is 16.3 Å². The van der Waals surface area contributed by atoms with Gasteiger partial charge in [-0.1, -0.05) is 6.07 Å². The minimum absolute atomic E-state index is 0.0531. The number of aromatic nitrogens is 3. The SMILES string of the molecule is CC1(Nc2c(C(N)=O)c(CC3CCS(=O)(=O)C3)nc3ccc(-c4cn[nH]c4)cc23)CC1. The molecule has 0 bridgehead atoms. The number of nitrogens with one attached hydrogen (secondary N) is 2. The molecule has 1 amide bonds. The van der Waals surface area contributed by atoms with Gasteiger partial charge in [0.25, 0.3) is 5.91 Å². The van der Waals surface area contributed by atoms with E-state index in [0.29, 0.717) is 29.8 Å². The molecular formula is C22H25N5O3S. The number of nitrogens with two attached hydrogens (primary N) is 1. The summed E-state index contributed by atoms with van der Waals surface area (Å²) in [5, 5.41) is 11.2. The molecule has 0 radical (unpaired) electrons. The Balaban J connectivity index is 1.67. The summed E-state index contributed by atoms with van der Waals surface area (Å²) >= 11 is 0. The molecule has 9 heteroatoms. The number of aromatic amines is 1. The van der Waals surface area contributed by atoms with Gasteiger partial charge in [0, 0.05) is 22.7 Å². The highest BCUT2D eigenvalue weighted by Crippen LogP contribution is 2.42. The van der Waals surface area contributed by atoms with Crippen molar-refractivity contribution in [2.75, 3.05) is 16.8 Å². The van der Waals surface area contributed by atoms with E-state index in [2.05, 4.69) is 22.4 Å². The van der Waals surface area contributed by atoms with Crippen LogP contribution < -0.4 is 11.1 Å². The van der Waals surface area contributed by atoms with Gasteiger partial charge in [0.1, 0.15) is 0 Å². The summed E-state index contributed by atoms with van der Waals surface area (Å²) in [5.74, 6) is -0.285. The quantitative estimate of drug-likeness (QED) is 0.541. The molecule has 1 atom stereocenters. The van der Waals surface area contributed by atoms with Gasteiger partial charge < -0.3 is 11.1 Å². The van der Waals surface area contributed by atoms with Crippen LogP contribution in [0.2, 0.25) is 0 Å². The van der Waals surface area contributed by atoms with Crippen molar-refractivity contribution >= 4 is 32.3 Å². The van der Waals surface area contributed by atoms with E-state index in [0.717, 1.165) is 34.9 Å². The highest BCUT2D eigenvalue weighted by Gasteiger charge is 2.39. The van der Waals surface area contributed by atoms with Gasteiger partial charge in [-0.2, -0.15) is 5.10 Å². The van der Waals surface area contributed by atoms with Crippen LogP contribution >= 0.6 is 0 Å². The smallest absolute Gasteiger partial charge is 0.252 e. The zero-order valence-electron chi connectivity index (χ0n) is 17.3. The second kappa shape index (κ2) is 7.05. The third-order valence-corrected chi connectivity index (χ3v) is 8.21. The van der Waals surface area contributed by atoms with E-state index < -0.39 is 15.7 Å². The number of fused-ring (bicyclic) bond motifs is 1.